The number of nitrogens with zero attached hydrogens (tertiary/aromatic N) is 3. The molecule has 0 aliphatic carbocycles. The first-order valence-corrected chi connectivity index (χ1v) is 9.72. The predicted octanol–water partition coefficient (Wildman–Crippen LogP) is 2.91. The van der Waals surface area contributed by atoms with Gasteiger partial charge < -0.3 is 15.5 Å². The lowest BCUT2D eigenvalue weighted by atomic mass is 10.1. The van der Waals surface area contributed by atoms with E-state index in [1.165, 1.54) is 37.1 Å². The molecule has 0 atom stereocenters. The third kappa shape index (κ3) is 8.68. The molecular weight excluding hydrogens is 437 g/mol. The van der Waals surface area contributed by atoms with Gasteiger partial charge in [-0.05, 0) is 57.6 Å². The first-order valence-electron chi connectivity index (χ1n) is 9.72. The number of likely N-dealkylation sites (N-methyl/N-ethyl adjacent to an activating group) is 1. The van der Waals surface area contributed by atoms with Gasteiger partial charge >= 0.3 is 0 Å². The summed E-state index contributed by atoms with van der Waals surface area (Å²) < 4.78 is 0. The number of aliphatic imine (C=N–C) groups is 1. The van der Waals surface area contributed by atoms with Gasteiger partial charge in [0.2, 0.25) is 0 Å². The van der Waals surface area contributed by atoms with Crippen molar-refractivity contribution in [2.24, 2.45) is 4.99 Å². The molecule has 0 unspecified atom stereocenters. The largest absolute Gasteiger partial charge is 0.357 e. The number of hydrogen-bond donors (Lipinski definition) is 2. The van der Waals surface area contributed by atoms with E-state index in [2.05, 4.69) is 65.6 Å². The highest BCUT2D eigenvalue weighted by atomic mass is 127. The van der Waals surface area contributed by atoms with E-state index in [1.54, 1.807) is 0 Å². The molecule has 1 aliphatic rings. The van der Waals surface area contributed by atoms with Crippen LogP contribution in [0.15, 0.2) is 29.3 Å². The normalized spacial score (nSPS) is 15.2. The van der Waals surface area contributed by atoms with Crippen LogP contribution < -0.4 is 10.6 Å². The van der Waals surface area contributed by atoms with E-state index < -0.39 is 0 Å². The summed E-state index contributed by atoms with van der Waals surface area (Å²) in [6, 6.07) is 8.92. The van der Waals surface area contributed by atoms with E-state index in [1.807, 2.05) is 0 Å². The molecule has 1 fully saturated rings. The van der Waals surface area contributed by atoms with Crippen LogP contribution in [0.1, 0.15) is 37.8 Å². The molecule has 0 aromatic heterocycles. The van der Waals surface area contributed by atoms with Gasteiger partial charge in [0.1, 0.15) is 0 Å². The summed E-state index contributed by atoms with van der Waals surface area (Å²) in [5.41, 5.74) is 2.66. The summed E-state index contributed by atoms with van der Waals surface area (Å²) in [6.07, 6.45) is 2.70. The van der Waals surface area contributed by atoms with Gasteiger partial charge in [-0.1, -0.05) is 31.2 Å². The number of guanidine groups is 1. The molecule has 0 saturated carbocycles. The van der Waals surface area contributed by atoms with Crippen molar-refractivity contribution in [3.63, 3.8) is 0 Å². The fourth-order valence-corrected chi connectivity index (χ4v) is 2.98. The number of benzene rings is 1. The molecule has 1 saturated heterocycles. The van der Waals surface area contributed by atoms with Crippen LogP contribution in [-0.4, -0.2) is 62.1 Å². The highest BCUT2D eigenvalue weighted by Gasteiger charge is 2.11. The quantitative estimate of drug-likeness (QED) is 0.329. The molecule has 6 heteroatoms. The van der Waals surface area contributed by atoms with E-state index in [4.69, 9.17) is 4.99 Å². The lowest BCUT2D eigenvalue weighted by Gasteiger charge is -2.16. The van der Waals surface area contributed by atoms with Crippen molar-refractivity contribution in [2.45, 2.75) is 39.8 Å². The van der Waals surface area contributed by atoms with Crippen molar-refractivity contribution >= 4 is 29.9 Å². The van der Waals surface area contributed by atoms with Crippen molar-refractivity contribution in [2.75, 3.05) is 46.3 Å². The molecule has 1 heterocycles. The zero-order valence-corrected chi connectivity index (χ0v) is 19.0. The first-order chi connectivity index (χ1) is 12.2. The number of rotatable bonds is 9. The smallest absolute Gasteiger partial charge is 0.191 e. The molecule has 1 aromatic carbocycles. The van der Waals surface area contributed by atoms with Gasteiger partial charge in [0.05, 0.1) is 6.54 Å². The van der Waals surface area contributed by atoms with Gasteiger partial charge in [-0.2, -0.15) is 0 Å². The molecule has 2 N–H and O–H groups in total. The monoisotopic (exact) mass is 473 g/mol. The molecule has 148 valence electrons. The molecule has 1 aliphatic heterocycles. The average Bonchev–Trinajstić information content (AvgIpc) is 3.13. The maximum atomic E-state index is 4.70. The van der Waals surface area contributed by atoms with E-state index in [0.717, 1.165) is 38.7 Å². The van der Waals surface area contributed by atoms with Crippen LogP contribution in [0, 0.1) is 0 Å². The van der Waals surface area contributed by atoms with Gasteiger partial charge in [0.25, 0.3) is 0 Å². The van der Waals surface area contributed by atoms with Crippen LogP contribution >= 0.6 is 24.0 Å². The van der Waals surface area contributed by atoms with Crippen molar-refractivity contribution in [3.05, 3.63) is 35.4 Å². The Morgan fingerprint density at radius 2 is 1.73 bits per heavy atom. The van der Waals surface area contributed by atoms with Gasteiger partial charge in [0, 0.05) is 26.2 Å². The lowest BCUT2D eigenvalue weighted by molar-refractivity contribution is 0.331. The summed E-state index contributed by atoms with van der Waals surface area (Å²) >= 11 is 0. The van der Waals surface area contributed by atoms with Gasteiger partial charge in [-0.3, -0.25) is 4.90 Å². The summed E-state index contributed by atoms with van der Waals surface area (Å²) in [5, 5.41) is 6.72. The average molecular weight is 473 g/mol. The second-order valence-electron chi connectivity index (χ2n) is 6.82. The molecular formula is C20H36IN5. The number of halogens is 1. The van der Waals surface area contributed by atoms with Gasteiger partial charge in [0.15, 0.2) is 5.96 Å². The molecule has 0 bridgehead atoms. The van der Waals surface area contributed by atoms with Gasteiger partial charge in [-0.25, -0.2) is 4.99 Å². The lowest BCUT2D eigenvalue weighted by Crippen LogP contribution is -2.40. The molecule has 1 aromatic rings. The number of likely N-dealkylation sites (tertiary alicyclic amines) is 1. The fourth-order valence-electron chi connectivity index (χ4n) is 2.98. The summed E-state index contributed by atoms with van der Waals surface area (Å²) in [5.74, 6) is 0.896. The Bertz CT molecular complexity index is 511. The molecule has 0 spiro atoms. The zero-order valence-electron chi connectivity index (χ0n) is 16.6. The second kappa shape index (κ2) is 13.3. The van der Waals surface area contributed by atoms with E-state index in [0.29, 0.717) is 6.54 Å². The minimum Gasteiger partial charge on any atom is -0.357 e. The Kier molecular flexibility index (Phi) is 11.9. The van der Waals surface area contributed by atoms with Crippen LogP contribution in [0.3, 0.4) is 0 Å². The van der Waals surface area contributed by atoms with Crippen LogP contribution in [0.5, 0.6) is 0 Å². The van der Waals surface area contributed by atoms with Crippen LogP contribution in [0.4, 0.5) is 0 Å². The highest BCUT2D eigenvalue weighted by molar-refractivity contribution is 14.0. The Balaban J connectivity index is 0.00000338. The molecule has 26 heavy (non-hydrogen) atoms. The second-order valence-corrected chi connectivity index (χ2v) is 6.82. The maximum Gasteiger partial charge on any atom is 0.191 e. The fraction of sp³-hybridized carbons (Fsp3) is 0.650. The Morgan fingerprint density at radius 1 is 1.08 bits per heavy atom. The Labute approximate surface area is 176 Å². The van der Waals surface area contributed by atoms with Gasteiger partial charge in [-0.15, -0.1) is 24.0 Å². The topological polar surface area (TPSA) is 42.9 Å². The Morgan fingerprint density at radius 3 is 2.35 bits per heavy atom. The van der Waals surface area contributed by atoms with Crippen molar-refractivity contribution in [1.82, 2.24) is 20.4 Å². The maximum absolute atomic E-state index is 4.70. The highest BCUT2D eigenvalue weighted by Crippen LogP contribution is 2.13. The summed E-state index contributed by atoms with van der Waals surface area (Å²) in [6.45, 7) is 12.4. The van der Waals surface area contributed by atoms with Crippen molar-refractivity contribution < 1.29 is 0 Å². The molecule has 0 amide bonds. The SMILES string of the molecule is CCNC(=NCc1ccc(CN2CCCC2)cc1)NCCN(C)CC.I. The Hall–Kier alpha value is -0.860. The van der Waals surface area contributed by atoms with Crippen molar-refractivity contribution in [1.29, 1.82) is 0 Å². The summed E-state index contributed by atoms with van der Waals surface area (Å²) in [4.78, 5) is 9.53. The van der Waals surface area contributed by atoms with Crippen LogP contribution in [0.25, 0.3) is 0 Å². The molecule has 0 radical (unpaired) electrons. The van der Waals surface area contributed by atoms with Crippen LogP contribution in [-0.2, 0) is 13.1 Å². The molecule has 2 rings (SSSR count). The predicted molar refractivity (Wildman–Crippen MR) is 122 cm³/mol. The number of nitrogens with one attached hydrogen (secondary N) is 2. The minimum absolute atomic E-state index is 0. The third-order valence-corrected chi connectivity index (χ3v) is 4.72. The minimum atomic E-state index is 0. The van der Waals surface area contributed by atoms with Crippen molar-refractivity contribution in [3.8, 4) is 0 Å². The van der Waals surface area contributed by atoms with E-state index >= 15 is 0 Å². The van der Waals surface area contributed by atoms with Crippen LogP contribution in [0.2, 0.25) is 0 Å². The third-order valence-electron chi connectivity index (χ3n) is 4.72. The standard InChI is InChI=1S/C20H35N5.HI/c1-4-21-20(22-12-15-24(3)5-2)23-16-18-8-10-19(11-9-18)17-25-13-6-7-14-25;/h8-11H,4-7,12-17H2,1-3H3,(H2,21,22,23);1H. The first kappa shape index (κ1) is 23.2. The van der Waals surface area contributed by atoms with E-state index in [9.17, 15) is 0 Å². The summed E-state index contributed by atoms with van der Waals surface area (Å²) in [7, 11) is 2.13. The van der Waals surface area contributed by atoms with E-state index in [-0.39, 0.29) is 24.0 Å². The number of hydrogen-bond acceptors (Lipinski definition) is 3. The zero-order chi connectivity index (χ0) is 17.9. The molecule has 5 nitrogen and oxygen atoms in total.